The van der Waals surface area contributed by atoms with E-state index in [-0.39, 0.29) is 7.43 Å². The van der Waals surface area contributed by atoms with E-state index in [4.69, 9.17) is 54.7 Å². The zero-order valence-electron chi connectivity index (χ0n) is 43.1. The number of hydrogen-bond donors (Lipinski definition) is 0. The van der Waals surface area contributed by atoms with Crippen LogP contribution in [0.3, 0.4) is 0 Å². The third-order valence-electron chi connectivity index (χ3n) is 11.5. The number of epoxide rings is 2. The van der Waals surface area contributed by atoms with Gasteiger partial charge in [0.25, 0.3) is 10.0 Å². The normalized spacial score (nSPS) is 26.0. The fourth-order valence-electron chi connectivity index (χ4n) is 10.00. The molecule has 4 rings (SSSR count). The number of ether oxygens (including phenoxy) is 2. The molecule has 7 unspecified atom stereocenters. The summed E-state index contributed by atoms with van der Waals surface area (Å²) < 4.78 is 86.1. The van der Waals surface area contributed by atoms with E-state index >= 15 is 0 Å². The highest BCUT2D eigenvalue weighted by Gasteiger charge is 2.50. The van der Waals surface area contributed by atoms with Crippen molar-refractivity contribution in [2.75, 3.05) is 0 Å². The zero-order chi connectivity index (χ0) is 47.0. The predicted octanol–water partition coefficient (Wildman–Crippen LogP) is 10.6. The predicted molar refractivity (Wildman–Crippen MR) is 286 cm³/mol. The van der Waals surface area contributed by atoms with Crippen LogP contribution in [0.25, 0.3) is 0 Å². The van der Waals surface area contributed by atoms with Crippen molar-refractivity contribution in [3.05, 3.63) is 0 Å². The van der Waals surface area contributed by atoms with Crippen LogP contribution in [0.5, 0.6) is 0 Å². The fourth-order valence-corrected chi connectivity index (χ4v) is 60.5. The second-order valence-corrected chi connectivity index (χ2v) is 66.7. The van der Waals surface area contributed by atoms with Crippen LogP contribution in [0.1, 0.15) is 58.8 Å². The summed E-state index contributed by atoms with van der Waals surface area (Å²) in [5.41, 5.74) is 0. The lowest BCUT2D eigenvalue weighted by Gasteiger charge is -2.42. The SMILES string of the molecule is C.C[Si](C)(C)O[SiH](O[SiH2]O[Si](C)(C)O[Si](C)(C)O[Si](C)(C)O[Si](C)(C)O[Si](C)(C)CCC1CCC2OC2C1)O[Si](C)(C)O[Si](C)(C)O[Si](C)(C)O[Si](C)(C)CCC1CCC2OC2C1. The Bertz CT molecular complexity index is 1450. The van der Waals surface area contributed by atoms with Crippen LogP contribution in [0.4, 0.5) is 0 Å². The van der Waals surface area contributed by atoms with Gasteiger partial charge < -0.3 is 54.7 Å². The molecule has 4 aliphatic rings. The molecule has 0 radical (unpaired) electrons. The average Bonchev–Trinajstić information content (AvgIpc) is 3.92. The second-order valence-electron chi connectivity index (χ2n) is 24.0. The monoisotopic (exact) mass is 1100 g/mol. The van der Waals surface area contributed by atoms with Gasteiger partial charge in [0.15, 0.2) is 25.0 Å². The molecular weight excluding hydrogens is 1000 g/mol. The molecular formula is C38H96O13Si12. The molecule has 2 heterocycles. The summed E-state index contributed by atoms with van der Waals surface area (Å²) in [5, 5.41) is 0. The minimum absolute atomic E-state index is 0. The van der Waals surface area contributed by atoms with Crippen LogP contribution in [0.2, 0.25) is 150 Å². The Morgan fingerprint density at radius 2 is 0.778 bits per heavy atom. The van der Waals surface area contributed by atoms with E-state index in [0.717, 1.165) is 23.9 Å². The van der Waals surface area contributed by atoms with Gasteiger partial charge in [0.05, 0.1) is 24.4 Å². The highest BCUT2D eigenvalue weighted by molar-refractivity contribution is 6.91. The van der Waals surface area contributed by atoms with Gasteiger partial charge >= 0.3 is 69.5 Å². The Kier molecular flexibility index (Phi) is 21.0. The average molecular weight is 1100 g/mol. The topological polar surface area (TPSA) is 127 Å². The van der Waals surface area contributed by atoms with Gasteiger partial charge in [0.2, 0.25) is 0 Å². The Morgan fingerprint density at radius 3 is 1.14 bits per heavy atom. The van der Waals surface area contributed by atoms with Crippen molar-refractivity contribution in [1.82, 2.24) is 0 Å². The molecule has 7 atom stereocenters. The van der Waals surface area contributed by atoms with Crippen LogP contribution >= 0.6 is 0 Å². The van der Waals surface area contributed by atoms with Crippen molar-refractivity contribution in [2.45, 2.75) is 233 Å². The molecule has 4 fully saturated rings. The number of hydrogen-bond acceptors (Lipinski definition) is 13. The number of fused-ring (bicyclic) bond motifs is 2. The summed E-state index contributed by atoms with van der Waals surface area (Å²) >= 11 is 0. The highest BCUT2D eigenvalue weighted by atomic mass is 28.5. The maximum Gasteiger partial charge on any atom is 0.455 e. The van der Waals surface area contributed by atoms with Gasteiger partial charge in [-0.05, 0) is 200 Å². The molecule has 0 aromatic carbocycles. The Labute approximate surface area is 401 Å². The minimum Gasteiger partial charge on any atom is -0.436 e. The lowest BCUT2D eigenvalue weighted by Crippen LogP contribution is -2.59. The molecule has 374 valence electrons. The van der Waals surface area contributed by atoms with Gasteiger partial charge in [-0.15, -0.1) is 0 Å². The van der Waals surface area contributed by atoms with E-state index in [1.165, 1.54) is 51.4 Å². The first kappa shape index (κ1) is 59.4. The Morgan fingerprint density at radius 1 is 0.429 bits per heavy atom. The summed E-state index contributed by atoms with van der Waals surface area (Å²) in [7, 11) is -28.4. The zero-order valence-corrected chi connectivity index (χ0v) is 55.7. The minimum atomic E-state index is -2.76. The van der Waals surface area contributed by atoms with E-state index in [9.17, 15) is 0 Å². The van der Waals surface area contributed by atoms with Crippen molar-refractivity contribution in [3.63, 3.8) is 0 Å². The molecule has 2 aliphatic carbocycles. The molecule has 0 aromatic rings. The van der Waals surface area contributed by atoms with Crippen molar-refractivity contribution in [2.24, 2.45) is 11.8 Å². The van der Waals surface area contributed by atoms with Gasteiger partial charge in [0, 0.05) is 0 Å². The van der Waals surface area contributed by atoms with Gasteiger partial charge in [-0.1, -0.05) is 20.3 Å². The molecule has 25 heteroatoms. The third-order valence-corrected chi connectivity index (χ3v) is 54.0. The van der Waals surface area contributed by atoms with Crippen molar-refractivity contribution in [1.29, 1.82) is 0 Å². The summed E-state index contributed by atoms with van der Waals surface area (Å²) in [4.78, 5) is 0. The van der Waals surface area contributed by atoms with Crippen molar-refractivity contribution >= 4 is 104 Å². The van der Waals surface area contributed by atoms with E-state index in [0.29, 0.717) is 24.4 Å². The smallest absolute Gasteiger partial charge is 0.436 e. The first-order valence-corrected chi connectivity index (χ1v) is 55.6. The summed E-state index contributed by atoms with van der Waals surface area (Å²) in [6.45, 7) is 45.5. The summed E-state index contributed by atoms with van der Waals surface area (Å²) in [6, 6.07) is 2.29. The lowest BCUT2D eigenvalue weighted by atomic mass is 9.88. The molecule has 0 spiro atoms. The lowest BCUT2D eigenvalue weighted by molar-refractivity contribution is 0.240. The quantitative estimate of drug-likeness (QED) is 0.0545. The molecule has 13 nitrogen and oxygen atoms in total. The Hall–Kier alpha value is 2.08. The first-order valence-electron chi connectivity index (χ1n) is 23.7. The molecule has 0 N–H and O–H groups in total. The molecule has 0 bridgehead atoms. The molecule has 0 amide bonds. The highest BCUT2D eigenvalue weighted by Crippen LogP contribution is 2.43. The maximum atomic E-state index is 6.95. The molecule has 0 aromatic heterocycles. The van der Waals surface area contributed by atoms with Gasteiger partial charge in [0.1, 0.15) is 0 Å². The molecule has 2 saturated carbocycles. The van der Waals surface area contributed by atoms with Crippen LogP contribution in [-0.4, -0.2) is 129 Å². The second kappa shape index (κ2) is 22.2. The molecule has 2 aliphatic heterocycles. The fraction of sp³-hybridized carbons (Fsp3) is 1.00. The van der Waals surface area contributed by atoms with Crippen LogP contribution in [0, 0.1) is 11.8 Å². The van der Waals surface area contributed by atoms with Gasteiger partial charge in [-0.2, -0.15) is 0 Å². The van der Waals surface area contributed by atoms with Gasteiger partial charge in [-0.3, -0.25) is 0 Å². The van der Waals surface area contributed by atoms with E-state index in [1.807, 2.05) is 0 Å². The largest absolute Gasteiger partial charge is 0.455 e. The number of rotatable bonds is 28. The van der Waals surface area contributed by atoms with Crippen molar-refractivity contribution in [3.8, 4) is 0 Å². The van der Waals surface area contributed by atoms with Crippen LogP contribution < -0.4 is 0 Å². The van der Waals surface area contributed by atoms with E-state index in [2.05, 4.69) is 137 Å². The van der Waals surface area contributed by atoms with Crippen molar-refractivity contribution < 1.29 is 54.7 Å². The van der Waals surface area contributed by atoms with Crippen LogP contribution in [-0.2, 0) is 54.7 Å². The van der Waals surface area contributed by atoms with Crippen LogP contribution in [0.15, 0.2) is 0 Å². The first-order chi connectivity index (χ1) is 27.8. The van der Waals surface area contributed by atoms with E-state index < -0.39 is 104 Å². The summed E-state index contributed by atoms with van der Waals surface area (Å²) in [5.74, 6) is 1.52. The third kappa shape index (κ3) is 23.2. The van der Waals surface area contributed by atoms with Gasteiger partial charge in [-0.25, -0.2) is 0 Å². The molecule has 2 saturated heterocycles. The maximum absolute atomic E-state index is 6.95. The standard InChI is InChI=1S/C37H92O13Si12.CH4/c1-53(2,3)42-52(43-57(10,11)47-61(18,19)48-58(12,13)44-54(4,5)28-26-32-22-24-34-36(30-32)38-34)40-51-41-56(8,9)46-60(16,17)50-62(20,21)49-59(14,15)45-55(6,7)29-27-33-23-25-35-37(31-33)39-35;/h32-37,52H,22-31,51H2,1-21H3;1H4. The molecule has 63 heavy (non-hydrogen) atoms. The summed E-state index contributed by atoms with van der Waals surface area (Å²) in [6.07, 6.45) is 12.1. The van der Waals surface area contributed by atoms with E-state index in [1.54, 1.807) is 0 Å². The Balaban J connectivity index is 0.0000106.